The van der Waals surface area contributed by atoms with Crippen molar-refractivity contribution in [1.29, 1.82) is 0 Å². The van der Waals surface area contributed by atoms with Crippen LogP contribution >= 0.6 is 0 Å². The second kappa shape index (κ2) is 4.80. The molecule has 90 valence electrons. The van der Waals surface area contributed by atoms with E-state index in [1.54, 1.807) is 0 Å². The summed E-state index contributed by atoms with van der Waals surface area (Å²) in [7, 11) is 1.28. The summed E-state index contributed by atoms with van der Waals surface area (Å²) in [6, 6.07) is 2.07. The Kier molecular flexibility index (Phi) is 3.88. The zero-order valence-electron chi connectivity index (χ0n) is 8.48. The van der Waals surface area contributed by atoms with Crippen molar-refractivity contribution >= 4 is 0 Å². The van der Waals surface area contributed by atoms with Crippen LogP contribution in [0.25, 0.3) is 0 Å². The monoisotopic (exact) mass is 237 g/mol. The number of hydrogen-bond donors (Lipinski definition) is 2. The van der Waals surface area contributed by atoms with Gasteiger partial charge in [0.1, 0.15) is 17.7 Å². The molecule has 0 heterocycles. The minimum absolute atomic E-state index is 0.452. The molecule has 1 rings (SSSR count). The summed E-state index contributed by atoms with van der Waals surface area (Å²) in [5.41, 5.74) is -0.623. The van der Waals surface area contributed by atoms with Crippen LogP contribution in [0, 0.1) is 11.6 Å². The normalized spacial score (nSPS) is 13.9. The Morgan fingerprint density at radius 1 is 1.38 bits per heavy atom. The molecule has 2 nitrogen and oxygen atoms in total. The Labute approximate surface area is 89.9 Å². The maximum absolute atomic E-state index is 13.2. The molecule has 1 atom stereocenters. The Bertz CT molecular complexity index is 370. The quantitative estimate of drug-likeness (QED) is 0.783. The zero-order chi connectivity index (χ0) is 12.3. The highest BCUT2D eigenvalue weighted by molar-refractivity contribution is 5.22. The van der Waals surface area contributed by atoms with Crippen LogP contribution in [0.2, 0.25) is 0 Å². The first kappa shape index (κ1) is 12.9. The lowest BCUT2D eigenvalue weighted by atomic mass is 10.0. The average molecular weight is 237 g/mol. The first-order chi connectivity index (χ1) is 7.38. The lowest BCUT2D eigenvalue weighted by Crippen LogP contribution is -2.37. The Balaban J connectivity index is 3.00. The van der Waals surface area contributed by atoms with Gasteiger partial charge in [0.05, 0.1) is 6.54 Å². The van der Waals surface area contributed by atoms with Gasteiger partial charge in [-0.1, -0.05) is 6.07 Å². The van der Waals surface area contributed by atoms with Crippen LogP contribution in [0.1, 0.15) is 11.7 Å². The van der Waals surface area contributed by atoms with Gasteiger partial charge in [0.25, 0.3) is 5.92 Å². The molecule has 0 aliphatic carbocycles. The molecule has 0 radical (unpaired) electrons. The van der Waals surface area contributed by atoms with Crippen molar-refractivity contribution in [3.05, 3.63) is 35.4 Å². The number of halogens is 4. The summed E-state index contributed by atoms with van der Waals surface area (Å²) in [4.78, 5) is 0. The molecule has 0 saturated carbocycles. The lowest BCUT2D eigenvalue weighted by Gasteiger charge is -2.22. The third kappa shape index (κ3) is 2.70. The van der Waals surface area contributed by atoms with Crippen molar-refractivity contribution in [2.45, 2.75) is 12.0 Å². The highest BCUT2D eigenvalue weighted by Gasteiger charge is 2.40. The second-order valence-corrected chi connectivity index (χ2v) is 3.36. The van der Waals surface area contributed by atoms with E-state index < -0.39 is 35.8 Å². The minimum atomic E-state index is -3.52. The highest BCUT2D eigenvalue weighted by Crippen LogP contribution is 2.32. The zero-order valence-corrected chi connectivity index (χ0v) is 8.48. The molecule has 0 aliphatic heterocycles. The topological polar surface area (TPSA) is 32.3 Å². The fraction of sp³-hybridized carbons (Fsp3) is 0.400. The van der Waals surface area contributed by atoms with Crippen molar-refractivity contribution in [3.8, 4) is 0 Å². The SMILES string of the molecule is CNCC(F)(F)C(O)c1ccc(F)cc1F. The van der Waals surface area contributed by atoms with E-state index in [9.17, 15) is 22.7 Å². The molecule has 2 N–H and O–H groups in total. The predicted octanol–water partition coefficient (Wildman–Crippen LogP) is 1.85. The maximum Gasteiger partial charge on any atom is 0.289 e. The Morgan fingerprint density at radius 3 is 2.50 bits per heavy atom. The van der Waals surface area contributed by atoms with Crippen molar-refractivity contribution in [1.82, 2.24) is 5.32 Å². The number of alkyl halides is 2. The van der Waals surface area contributed by atoms with E-state index in [0.29, 0.717) is 6.07 Å². The van der Waals surface area contributed by atoms with Crippen LogP contribution < -0.4 is 5.32 Å². The van der Waals surface area contributed by atoms with Gasteiger partial charge >= 0.3 is 0 Å². The molecule has 0 spiro atoms. The predicted molar refractivity (Wildman–Crippen MR) is 50.2 cm³/mol. The van der Waals surface area contributed by atoms with Gasteiger partial charge in [0.2, 0.25) is 0 Å². The molecule has 1 unspecified atom stereocenters. The van der Waals surface area contributed by atoms with Crippen molar-refractivity contribution in [3.63, 3.8) is 0 Å². The third-order valence-electron chi connectivity index (χ3n) is 2.07. The van der Waals surface area contributed by atoms with Gasteiger partial charge in [-0.3, -0.25) is 0 Å². The Hall–Kier alpha value is -1.14. The first-order valence-corrected chi connectivity index (χ1v) is 4.54. The van der Waals surface area contributed by atoms with Gasteiger partial charge in [-0.25, -0.2) is 17.6 Å². The van der Waals surface area contributed by atoms with Crippen LogP contribution in [-0.2, 0) is 0 Å². The van der Waals surface area contributed by atoms with Crippen molar-refractivity contribution in [2.75, 3.05) is 13.6 Å². The van der Waals surface area contributed by atoms with Crippen LogP contribution in [0.4, 0.5) is 17.6 Å². The number of nitrogens with one attached hydrogen (secondary N) is 1. The molecule has 6 heteroatoms. The number of rotatable bonds is 4. The molecule has 0 bridgehead atoms. The van der Waals surface area contributed by atoms with Gasteiger partial charge in [-0.15, -0.1) is 0 Å². The van der Waals surface area contributed by atoms with Crippen LogP contribution in [0.5, 0.6) is 0 Å². The number of benzene rings is 1. The van der Waals surface area contributed by atoms with Crippen molar-refractivity contribution in [2.24, 2.45) is 0 Å². The van der Waals surface area contributed by atoms with E-state index in [1.807, 2.05) is 0 Å². The molecule has 0 aromatic heterocycles. The van der Waals surface area contributed by atoms with Crippen LogP contribution in [0.15, 0.2) is 18.2 Å². The van der Waals surface area contributed by atoms with Gasteiger partial charge in [0.15, 0.2) is 0 Å². The van der Waals surface area contributed by atoms with E-state index in [2.05, 4.69) is 5.32 Å². The summed E-state index contributed by atoms with van der Waals surface area (Å²) in [6.45, 7) is -0.801. The van der Waals surface area contributed by atoms with E-state index >= 15 is 0 Å². The fourth-order valence-corrected chi connectivity index (χ4v) is 1.28. The average Bonchev–Trinajstić information content (AvgIpc) is 2.16. The standard InChI is InChI=1S/C10H11F4NO/c1-15-5-10(13,14)9(16)7-3-2-6(11)4-8(7)12/h2-4,9,15-16H,5H2,1H3. The molecular weight excluding hydrogens is 226 g/mol. The molecule has 0 saturated heterocycles. The highest BCUT2D eigenvalue weighted by atomic mass is 19.3. The molecule has 0 aliphatic rings. The van der Waals surface area contributed by atoms with Crippen LogP contribution in [-0.4, -0.2) is 24.6 Å². The molecule has 1 aromatic rings. The second-order valence-electron chi connectivity index (χ2n) is 3.36. The minimum Gasteiger partial charge on any atom is -0.382 e. The molecule has 0 fully saturated rings. The van der Waals surface area contributed by atoms with E-state index in [-0.39, 0.29) is 0 Å². The molecular formula is C10H11F4NO. The van der Waals surface area contributed by atoms with Crippen LogP contribution in [0.3, 0.4) is 0 Å². The van der Waals surface area contributed by atoms with Gasteiger partial charge in [-0.05, 0) is 13.1 Å². The number of aliphatic hydroxyl groups excluding tert-OH is 1. The lowest BCUT2D eigenvalue weighted by molar-refractivity contribution is -0.108. The van der Waals surface area contributed by atoms with Gasteiger partial charge < -0.3 is 10.4 Å². The molecule has 16 heavy (non-hydrogen) atoms. The van der Waals surface area contributed by atoms with Gasteiger partial charge in [0, 0.05) is 11.6 Å². The molecule has 1 aromatic carbocycles. The van der Waals surface area contributed by atoms with Crippen molar-refractivity contribution < 1.29 is 22.7 Å². The van der Waals surface area contributed by atoms with E-state index in [0.717, 1.165) is 12.1 Å². The molecule has 0 amide bonds. The largest absolute Gasteiger partial charge is 0.382 e. The summed E-state index contributed by atoms with van der Waals surface area (Å²) in [5, 5.41) is 11.5. The number of aliphatic hydroxyl groups is 1. The number of hydrogen-bond acceptors (Lipinski definition) is 2. The van der Waals surface area contributed by atoms with E-state index in [4.69, 9.17) is 0 Å². The summed E-state index contributed by atoms with van der Waals surface area (Å²) < 4.78 is 52.1. The van der Waals surface area contributed by atoms with E-state index in [1.165, 1.54) is 7.05 Å². The smallest absolute Gasteiger partial charge is 0.289 e. The summed E-state index contributed by atoms with van der Waals surface area (Å²) in [6.07, 6.45) is -2.31. The maximum atomic E-state index is 13.2. The van der Waals surface area contributed by atoms with Gasteiger partial charge in [-0.2, -0.15) is 0 Å². The first-order valence-electron chi connectivity index (χ1n) is 4.54. The fourth-order valence-electron chi connectivity index (χ4n) is 1.28. The Morgan fingerprint density at radius 2 is 2.00 bits per heavy atom. The summed E-state index contributed by atoms with van der Waals surface area (Å²) >= 11 is 0. The third-order valence-corrected chi connectivity index (χ3v) is 2.07. The summed E-state index contributed by atoms with van der Waals surface area (Å²) in [5.74, 6) is -5.60.